The van der Waals surface area contributed by atoms with Crippen LogP contribution in [0.3, 0.4) is 0 Å². The van der Waals surface area contributed by atoms with E-state index in [2.05, 4.69) is 16.3 Å². The smallest absolute Gasteiger partial charge is 0.173 e. The fourth-order valence-electron chi connectivity index (χ4n) is 1.76. The summed E-state index contributed by atoms with van der Waals surface area (Å²) in [6, 6.07) is 8.87. The highest BCUT2D eigenvalue weighted by atomic mass is 16.3. The van der Waals surface area contributed by atoms with Gasteiger partial charge in [-0.15, -0.1) is 5.10 Å². The summed E-state index contributed by atoms with van der Waals surface area (Å²) in [7, 11) is 1.81. The van der Waals surface area contributed by atoms with Gasteiger partial charge in [0.2, 0.25) is 0 Å². The number of aromatic hydroxyl groups is 1. The third-order valence-corrected chi connectivity index (χ3v) is 3.10. The molecule has 1 N–H and O–H groups in total. The number of aryl methyl sites for hydroxylation is 1. The number of rotatable bonds is 2. The van der Waals surface area contributed by atoms with Gasteiger partial charge >= 0.3 is 0 Å². The molecule has 96 valence electrons. The molecule has 0 bridgehead atoms. The zero-order valence-electron chi connectivity index (χ0n) is 11.0. The number of phenols is 1. The molecule has 2 aromatic rings. The number of benzene rings is 1. The van der Waals surface area contributed by atoms with E-state index in [0.29, 0.717) is 11.4 Å². The summed E-state index contributed by atoms with van der Waals surface area (Å²) in [4.78, 5) is 1.78. The van der Waals surface area contributed by atoms with Crippen molar-refractivity contribution in [3.8, 4) is 11.8 Å². The molecule has 0 saturated carbocycles. The van der Waals surface area contributed by atoms with Crippen molar-refractivity contribution in [3.63, 3.8) is 0 Å². The van der Waals surface area contributed by atoms with Crippen LogP contribution in [0.4, 0.5) is 11.5 Å². The number of anilines is 2. The highest BCUT2D eigenvalue weighted by Crippen LogP contribution is 2.27. The lowest BCUT2D eigenvalue weighted by atomic mass is 10.1. The molecule has 1 aromatic heterocycles. The van der Waals surface area contributed by atoms with E-state index in [1.807, 2.05) is 20.9 Å². The van der Waals surface area contributed by atoms with E-state index in [0.717, 1.165) is 16.9 Å². The van der Waals surface area contributed by atoms with Gasteiger partial charge in [-0.05, 0) is 43.7 Å². The predicted octanol–water partition coefficient (Wildman–Crippen LogP) is 2.44. The Morgan fingerprint density at radius 3 is 2.37 bits per heavy atom. The van der Waals surface area contributed by atoms with Crippen molar-refractivity contribution in [2.75, 3.05) is 11.9 Å². The van der Waals surface area contributed by atoms with E-state index in [1.165, 1.54) is 0 Å². The molecule has 0 spiro atoms. The van der Waals surface area contributed by atoms with Crippen molar-refractivity contribution in [1.29, 1.82) is 5.26 Å². The van der Waals surface area contributed by atoms with E-state index in [1.54, 1.807) is 29.2 Å². The predicted molar refractivity (Wildman–Crippen MR) is 72.4 cm³/mol. The van der Waals surface area contributed by atoms with Crippen LogP contribution in [0.2, 0.25) is 0 Å². The average molecular weight is 254 g/mol. The van der Waals surface area contributed by atoms with Gasteiger partial charge in [-0.25, -0.2) is 0 Å². The fraction of sp³-hybridized carbons (Fsp3) is 0.214. The second-order valence-corrected chi connectivity index (χ2v) is 4.30. The number of phenolic OH excluding ortho intramolecular Hbond substituents is 1. The molecule has 0 fully saturated rings. The van der Waals surface area contributed by atoms with Gasteiger partial charge in [0.05, 0.1) is 5.69 Å². The Kier molecular flexibility index (Phi) is 3.34. The van der Waals surface area contributed by atoms with Crippen molar-refractivity contribution in [2.24, 2.45) is 0 Å². The third-order valence-electron chi connectivity index (χ3n) is 3.10. The van der Waals surface area contributed by atoms with E-state index in [9.17, 15) is 10.4 Å². The first-order valence-corrected chi connectivity index (χ1v) is 5.81. The number of aromatic nitrogens is 2. The van der Waals surface area contributed by atoms with Crippen LogP contribution < -0.4 is 4.90 Å². The van der Waals surface area contributed by atoms with Crippen LogP contribution in [0, 0.1) is 25.2 Å². The normalized spacial score (nSPS) is 10.0. The standard InChI is InChI=1S/C14H14N4O/c1-9-10(2)16-17-14(13(9)8-15)18(3)11-4-6-12(19)7-5-11/h4-7,19H,1-3H3. The number of hydrogen-bond donors (Lipinski definition) is 1. The summed E-state index contributed by atoms with van der Waals surface area (Å²) in [6.45, 7) is 3.68. The quantitative estimate of drug-likeness (QED) is 0.891. The second kappa shape index (κ2) is 4.94. The Hall–Kier alpha value is -2.61. The molecule has 0 atom stereocenters. The minimum absolute atomic E-state index is 0.198. The molecule has 0 radical (unpaired) electrons. The molecule has 5 nitrogen and oxygen atoms in total. The maximum atomic E-state index is 9.29. The zero-order valence-corrected chi connectivity index (χ0v) is 11.0. The van der Waals surface area contributed by atoms with Crippen LogP contribution >= 0.6 is 0 Å². The van der Waals surface area contributed by atoms with Crippen molar-refractivity contribution in [3.05, 3.63) is 41.1 Å². The molecule has 0 aliphatic heterocycles. The topological polar surface area (TPSA) is 73.0 Å². The van der Waals surface area contributed by atoms with Gasteiger partial charge in [-0.1, -0.05) is 0 Å². The number of hydrogen-bond acceptors (Lipinski definition) is 5. The largest absolute Gasteiger partial charge is 0.508 e. The van der Waals surface area contributed by atoms with Crippen molar-refractivity contribution in [2.45, 2.75) is 13.8 Å². The maximum absolute atomic E-state index is 9.29. The second-order valence-electron chi connectivity index (χ2n) is 4.30. The zero-order chi connectivity index (χ0) is 14.0. The highest BCUT2D eigenvalue weighted by molar-refractivity contribution is 5.66. The molecule has 19 heavy (non-hydrogen) atoms. The van der Waals surface area contributed by atoms with Gasteiger partial charge < -0.3 is 10.0 Å². The third kappa shape index (κ3) is 2.33. The first-order chi connectivity index (χ1) is 9.04. The van der Waals surface area contributed by atoms with Crippen LogP contribution in [0.1, 0.15) is 16.8 Å². The molecule has 1 heterocycles. The summed E-state index contributed by atoms with van der Waals surface area (Å²) in [6.07, 6.45) is 0. The minimum atomic E-state index is 0.198. The monoisotopic (exact) mass is 254 g/mol. The summed E-state index contributed by atoms with van der Waals surface area (Å²) >= 11 is 0. The van der Waals surface area contributed by atoms with Gasteiger partial charge in [0.15, 0.2) is 5.82 Å². The lowest BCUT2D eigenvalue weighted by molar-refractivity contribution is 0.475. The molecule has 5 heteroatoms. The Labute approximate surface area is 111 Å². The molecule has 0 saturated heterocycles. The molecular weight excluding hydrogens is 240 g/mol. The lowest BCUT2D eigenvalue weighted by Crippen LogP contribution is -2.15. The van der Waals surface area contributed by atoms with Crippen LogP contribution in [0.15, 0.2) is 24.3 Å². The molecular formula is C14H14N4O. The fourth-order valence-corrected chi connectivity index (χ4v) is 1.76. The first-order valence-electron chi connectivity index (χ1n) is 5.81. The van der Waals surface area contributed by atoms with Crippen molar-refractivity contribution in [1.82, 2.24) is 10.2 Å². The van der Waals surface area contributed by atoms with Crippen LogP contribution in [-0.2, 0) is 0 Å². The number of nitrogens with zero attached hydrogens (tertiary/aromatic N) is 4. The molecule has 1 aromatic carbocycles. The Bertz CT molecular complexity index is 644. The van der Waals surface area contributed by atoms with Gasteiger partial charge in [0, 0.05) is 12.7 Å². The molecule has 0 aliphatic rings. The average Bonchev–Trinajstić information content (AvgIpc) is 2.41. The van der Waals surface area contributed by atoms with Crippen LogP contribution in [-0.4, -0.2) is 22.4 Å². The van der Waals surface area contributed by atoms with Gasteiger partial charge in [0.1, 0.15) is 17.4 Å². The minimum Gasteiger partial charge on any atom is -0.508 e. The Morgan fingerprint density at radius 2 is 1.79 bits per heavy atom. The summed E-state index contributed by atoms with van der Waals surface area (Å²) < 4.78 is 0. The van der Waals surface area contributed by atoms with E-state index in [4.69, 9.17) is 0 Å². The van der Waals surface area contributed by atoms with Gasteiger partial charge in [-0.3, -0.25) is 0 Å². The van der Waals surface area contributed by atoms with E-state index >= 15 is 0 Å². The van der Waals surface area contributed by atoms with Crippen LogP contribution in [0.5, 0.6) is 5.75 Å². The lowest BCUT2D eigenvalue weighted by Gasteiger charge is -2.20. The van der Waals surface area contributed by atoms with Crippen molar-refractivity contribution < 1.29 is 5.11 Å². The molecule has 2 rings (SSSR count). The van der Waals surface area contributed by atoms with Gasteiger partial charge in [-0.2, -0.15) is 10.4 Å². The highest BCUT2D eigenvalue weighted by Gasteiger charge is 2.15. The SMILES string of the molecule is Cc1nnc(N(C)c2ccc(O)cc2)c(C#N)c1C. The van der Waals surface area contributed by atoms with E-state index in [-0.39, 0.29) is 5.75 Å². The summed E-state index contributed by atoms with van der Waals surface area (Å²) in [5.74, 6) is 0.708. The maximum Gasteiger partial charge on any atom is 0.173 e. The van der Waals surface area contributed by atoms with Crippen LogP contribution in [0.25, 0.3) is 0 Å². The Balaban J connectivity index is 2.50. The van der Waals surface area contributed by atoms with E-state index < -0.39 is 0 Å². The Morgan fingerprint density at radius 1 is 1.16 bits per heavy atom. The number of nitriles is 1. The summed E-state index contributed by atoms with van der Waals surface area (Å²) in [5.41, 5.74) is 2.92. The van der Waals surface area contributed by atoms with Gasteiger partial charge in [0.25, 0.3) is 0 Å². The summed E-state index contributed by atoms with van der Waals surface area (Å²) in [5, 5.41) is 26.7. The molecule has 0 unspecified atom stereocenters. The molecule has 0 aliphatic carbocycles. The first kappa shape index (κ1) is 12.8. The molecule has 0 amide bonds. The van der Waals surface area contributed by atoms with Crippen molar-refractivity contribution >= 4 is 11.5 Å².